The van der Waals surface area contributed by atoms with Crippen LogP contribution in [0.4, 0.5) is 0 Å². The van der Waals surface area contributed by atoms with Crippen LogP contribution in [0.5, 0.6) is 0 Å². The zero-order chi connectivity index (χ0) is 12.3. The van der Waals surface area contributed by atoms with Crippen molar-refractivity contribution in [2.75, 3.05) is 0 Å². The van der Waals surface area contributed by atoms with Gasteiger partial charge in [-0.3, -0.25) is 4.55 Å². The van der Waals surface area contributed by atoms with Crippen LogP contribution in [-0.2, 0) is 10.1 Å². The van der Waals surface area contributed by atoms with Gasteiger partial charge in [-0.1, -0.05) is 38.0 Å². The zero-order valence-electron chi connectivity index (χ0n) is 8.68. The van der Waals surface area contributed by atoms with Crippen LogP contribution in [0.3, 0.4) is 0 Å². The second-order valence-electron chi connectivity index (χ2n) is 3.12. The van der Waals surface area contributed by atoms with Gasteiger partial charge >= 0.3 is 0 Å². The van der Waals surface area contributed by atoms with Gasteiger partial charge in [0.15, 0.2) is 0 Å². The molecule has 1 N–H and O–H groups in total. The molecule has 0 saturated heterocycles. The van der Waals surface area contributed by atoms with Crippen LogP contribution in [0.15, 0.2) is 36.8 Å². The predicted molar refractivity (Wildman–Crippen MR) is 66.5 cm³/mol. The summed E-state index contributed by atoms with van der Waals surface area (Å²) in [7, 11) is -4.29. The molecule has 1 aromatic carbocycles. The van der Waals surface area contributed by atoms with E-state index in [1.807, 2.05) is 0 Å². The van der Waals surface area contributed by atoms with E-state index in [4.69, 9.17) is 4.55 Å². The number of hydrogen-bond donors (Lipinski definition) is 1. The molecule has 0 aliphatic rings. The second-order valence-corrected chi connectivity index (χ2v) is 4.47. The van der Waals surface area contributed by atoms with Crippen molar-refractivity contribution in [2.45, 2.75) is 4.90 Å². The Morgan fingerprint density at radius 3 is 1.69 bits per heavy atom. The average molecular weight is 236 g/mol. The van der Waals surface area contributed by atoms with Crippen LogP contribution in [-0.4, -0.2) is 13.0 Å². The standard InChI is InChI=1S/C12H12O3S/c1-4-9-7-10(5-2)12(16(13,14)15)11(6-3)8-9/h4-8H,1-3H2,(H,13,14,15). The Hall–Kier alpha value is -1.65. The molecule has 1 rings (SSSR count). The third-order valence-corrected chi connectivity index (χ3v) is 3.09. The number of rotatable bonds is 4. The zero-order valence-corrected chi connectivity index (χ0v) is 9.50. The second kappa shape index (κ2) is 4.47. The maximum atomic E-state index is 11.2. The van der Waals surface area contributed by atoms with E-state index in [9.17, 15) is 8.42 Å². The minimum atomic E-state index is -4.29. The summed E-state index contributed by atoms with van der Waals surface area (Å²) >= 11 is 0. The fraction of sp³-hybridized carbons (Fsp3) is 0. The molecular weight excluding hydrogens is 224 g/mol. The molecule has 0 heterocycles. The van der Waals surface area contributed by atoms with Crippen molar-refractivity contribution in [1.29, 1.82) is 0 Å². The average Bonchev–Trinajstić information content (AvgIpc) is 2.25. The van der Waals surface area contributed by atoms with Crippen LogP contribution in [0.2, 0.25) is 0 Å². The Balaban J connectivity index is 3.76. The van der Waals surface area contributed by atoms with Gasteiger partial charge in [0, 0.05) is 0 Å². The van der Waals surface area contributed by atoms with E-state index in [0.29, 0.717) is 11.1 Å². The van der Waals surface area contributed by atoms with Gasteiger partial charge in [-0.15, -0.1) is 0 Å². The summed E-state index contributed by atoms with van der Waals surface area (Å²) < 4.78 is 31.6. The Kier molecular flexibility index (Phi) is 3.47. The summed E-state index contributed by atoms with van der Waals surface area (Å²) in [4.78, 5) is -0.178. The lowest BCUT2D eigenvalue weighted by molar-refractivity contribution is 0.483. The molecule has 0 fully saturated rings. The van der Waals surface area contributed by atoms with E-state index < -0.39 is 10.1 Å². The summed E-state index contributed by atoms with van der Waals surface area (Å²) in [6, 6.07) is 3.16. The monoisotopic (exact) mass is 236 g/mol. The van der Waals surface area contributed by atoms with Gasteiger partial charge in [0.2, 0.25) is 0 Å². The van der Waals surface area contributed by atoms with Crippen LogP contribution in [0, 0.1) is 0 Å². The highest BCUT2D eigenvalue weighted by Gasteiger charge is 2.18. The minimum Gasteiger partial charge on any atom is -0.282 e. The van der Waals surface area contributed by atoms with Gasteiger partial charge < -0.3 is 0 Å². The first kappa shape index (κ1) is 12.4. The summed E-state index contributed by atoms with van der Waals surface area (Å²) in [5, 5.41) is 0. The minimum absolute atomic E-state index is 0.178. The summed E-state index contributed by atoms with van der Waals surface area (Å²) in [6.07, 6.45) is 4.31. The van der Waals surface area contributed by atoms with Crippen molar-refractivity contribution in [3.8, 4) is 0 Å². The molecular formula is C12H12O3S. The van der Waals surface area contributed by atoms with Gasteiger partial charge in [-0.05, 0) is 28.8 Å². The smallest absolute Gasteiger partial charge is 0.282 e. The van der Waals surface area contributed by atoms with Crippen molar-refractivity contribution >= 4 is 28.3 Å². The van der Waals surface area contributed by atoms with Crippen molar-refractivity contribution < 1.29 is 13.0 Å². The maximum Gasteiger partial charge on any atom is 0.295 e. The largest absolute Gasteiger partial charge is 0.295 e. The van der Waals surface area contributed by atoms with Crippen molar-refractivity contribution in [1.82, 2.24) is 0 Å². The van der Waals surface area contributed by atoms with Gasteiger partial charge in [0.1, 0.15) is 4.90 Å². The lowest BCUT2D eigenvalue weighted by Crippen LogP contribution is -2.04. The maximum absolute atomic E-state index is 11.2. The molecule has 0 saturated carbocycles. The topological polar surface area (TPSA) is 54.4 Å². The van der Waals surface area contributed by atoms with E-state index in [1.54, 1.807) is 18.2 Å². The Labute approximate surface area is 95.2 Å². The van der Waals surface area contributed by atoms with E-state index >= 15 is 0 Å². The van der Waals surface area contributed by atoms with Gasteiger partial charge in [-0.2, -0.15) is 8.42 Å². The molecule has 3 nitrogen and oxygen atoms in total. The van der Waals surface area contributed by atoms with Crippen LogP contribution >= 0.6 is 0 Å². The molecule has 0 atom stereocenters. The van der Waals surface area contributed by atoms with Gasteiger partial charge in [0.05, 0.1) is 0 Å². The molecule has 0 aliphatic carbocycles. The first-order valence-corrected chi connectivity index (χ1v) is 5.91. The summed E-state index contributed by atoms with van der Waals surface area (Å²) in [5.41, 5.74) is 1.39. The molecule has 16 heavy (non-hydrogen) atoms. The highest BCUT2D eigenvalue weighted by molar-refractivity contribution is 7.86. The van der Waals surface area contributed by atoms with Crippen molar-refractivity contribution in [2.24, 2.45) is 0 Å². The van der Waals surface area contributed by atoms with Crippen LogP contribution in [0.25, 0.3) is 18.2 Å². The number of hydrogen-bond acceptors (Lipinski definition) is 2. The summed E-state index contributed by atoms with van der Waals surface area (Å²) in [5.74, 6) is 0. The van der Waals surface area contributed by atoms with Gasteiger partial charge in [-0.25, -0.2) is 0 Å². The highest BCUT2D eigenvalue weighted by atomic mass is 32.2. The Bertz CT molecular complexity index is 525. The first-order valence-electron chi connectivity index (χ1n) is 4.47. The molecule has 0 aromatic heterocycles. The third kappa shape index (κ3) is 2.29. The highest BCUT2D eigenvalue weighted by Crippen LogP contribution is 2.25. The quantitative estimate of drug-likeness (QED) is 0.818. The van der Waals surface area contributed by atoms with E-state index in [1.165, 1.54) is 12.2 Å². The molecule has 0 aliphatic heterocycles. The Morgan fingerprint density at radius 2 is 1.44 bits per heavy atom. The number of benzene rings is 1. The normalized spacial score (nSPS) is 10.8. The SMILES string of the molecule is C=Cc1cc(C=C)c(S(=O)(=O)O)c(C=C)c1. The molecule has 4 heteroatoms. The fourth-order valence-corrected chi connectivity index (χ4v) is 2.30. The molecule has 1 aromatic rings. The van der Waals surface area contributed by atoms with E-state index in [-0.39, 0.29) is 4.90 Å². The summed E-state index contributed by atoms with van der Waals surface area (Å²) in [6.45, 7) is 10.6. The molecule has 0 unspecified atom stereocenters. The lowest BCUT2D eigenvalue weighted by Gasteiger charge is -2.08. The lowest BCUT2D eigenvalue weighted by atomic mass is 10.1. The molecule has 0 bridgehead atoms. The molecule has 84 valence electrons. The first-order chi connectivity index (χ1) is 7.43. The van der Waals surface area contributed by atoms with E-state index in [2.05, 4.69) is 19.7 Å². The predicted octanol–water partition coefficient (Wildman–Crippen LogP) is 2.86. The molecule has 0 spiro atoms. The van der Waals surface area contributed by atoms with Crippen LogP contribution < -0.4 is 0 Å². The van der Waals surface area contributed by atoms with E-state index in [0.717, 1.165) is 5.56 Å². The molecule has 0 radical (unpaired) electrons. The fourth-order valence-electron chi connectivity index (χ4n) is 1.42. The van der Waals surface area contributed by atoms with Crippen LogP contribution in [0.1, 0.15) is 16.7 Å². The van der Waals surface area contributed by atoms with Gasteiger partial charge in [0.25, 0.3) is 10.1 Å². The third-order valence-electron chi connectivity index (χ3n) is 2.10. The van der Waals surface area contributed by atoms with Crippen molar-refractivity contribution in [3.63, 3.8) is 0 Å². The molecule has 0 amide bonds. The Morgan fingerprint density at radius 1 is 1.00 bits per heavy atom. The van der Waals surface area contributed by atoms with Crippen molar-refractivity contribution in [3.05, 3.63) is 48.6 Å².